The number of aliphatic hydroxyl groups is 3. The Balaban J connectivity index is 3.46. The van der Waals surface area contributed by atoms with Crippen molar-refractivity contribution in [2.24, 2.45) is 5.92 Å². The predicted molar refractivity (Wildman–Crippen MR) is 38.6 cm³/mol. The second-order valence-corrected chi connectivity index (χ2v) is 2.88. The summed E-state index contributed by atoms with van der Waals surface area (Å²) in [5, 5.41) is 26.4. The average Bonchev–Trinajstić information content (AvgIpc) is 1.87. The molecule has 0 aliphatic heterocycles. The number of aliphatic hydroxyl groups excluding tert-OH is 3. The van der Waals surface area contributed by atoms with E-state index in [9.17, 15) is 0 Å². The topological polar surface area (TPSA) is 60.7 Å². The molecule has 0 heterocycles. The second kappa shape index (κ2) is 4.66. The summed E-state index contributed by atoms with van der Waals surface area (Å²) < 4.78 is 0. The van der Waals surface area contributed by atoms with E-state index < -0.39 is 12.2 Å². The highest BCUT2D eigenvalue weighted by atomic mass is 16.3. The first kappa shape index (κ1) is 9.88. The molecule has 0 rings (SSSR count). The molecule has 0 fully saturated rings. The van der Waals surface area contributed by atoms with Gasteiger partial charge in [-0.05, 0) is 5.92 Å². The van der Waals surface area contributed by atoms with Crippen molar-refractivity contribution in [3.8, 4) is 0 Å². The molecule has 3 heteroatoms. The molecule has 0 amide bonds. The van der Waals surface area contributed by atoms with Gasteiger partial charge in [0.1, 0.15) is 0 Å². The fourth-order valence-electron chi connectivity index (χ4n) is 0.625. The van der Waals surface area contributed by atoms with Gasteiger partial charge in [-0.3, -0.25) is 0 Å². The molecule has 62 valence electrons. The van der Waals surface area contributed by atoms with Crippen LogP contribution in [0.1, 0.15) is 20.3 Å². The largest absolute Gasteiger partial charge is 0.394 e. The molecule has 3 nitrogen and oxygen atoms in total. The molecular weight excluding hydrogens is 132 g/mol. The Labute approximate surface area is 61.3 Å². The van der Waals surface area contributed by atoms with Crippen molar-refractivity contribution in [2.75, 3.05) is 6.61 Å². The fourth-order valence-corrected chi connectivity index (χ4v) is 0.625. The summed E-state index contributed by atoms with van der Waals surface area (Å²) >= 11 is 0. The maximum absolute atomic E-state index is 9.16. The Morgan fingerprint density at radius 3 is 2.00 bits per heavy atom. The minimum atomic E-state index is -0.780. The Bertz CT molecular complexity index is 82.9. The number of rotatable bonds is 4. The van der Waals surface area contributed by atoms with Gasteiger partial charge in [0.25, 0.3) is 0 Å². The number of hydrogen-bond acceptors (Lipinski definition) is 3. The fraction of sp³-hybridized carbons (Fsp3) is 1.00. The lowest BCUT2D eigenvalue weighted by atomic mass is 10.0. The molecule has 0 spiro atoms. The van der Waals surface area contributed by atoms with Crippen LogP contribution in [0.2, 0.25) is 0 Å². The highest BCUT2D eigenvalue weighted by molar-refractivity contribution is 4.64. The molecule has 0 radical (unpaired) electrons. The van der Waals surface area contributed by atoms with Crippen molar-refractivity contribution >= 4 is 0 Å². The lowest BCUT2D eigenvalue weighted by molar-refractivity contribution is 0.0246. The van der Waals surface area contributed by atoms with Gasteiger partial charge < -0.3 is 15.3 Å². The van der Waals surface area contributed by atoms with Gasteiger partial charge >= 0.3 is 0 Å². The van der Waals surface area contributed by atoms with Crippen LogP contribution in [0.3, 0.4) is 0 Å². The third-order valence-corrected chi connectivity index (χ3v) is 1.49. The minimum Gasteiger partial charge on any atom is -0.394 e. The molecule has 0 saturated carbocycles. The zero-order valence-electron chi connectivity index (χ0n) is 6.49. The van der Waals surface area contributed by atoms with Crippen LogP contribution in [0.15, 0.2) is 0 Å². The van der Waals surface area contributed by atoms with Gasteiger partial charge in [0.2, 0.25) is 0 Å². The SMILES string of the molecule is CC(C)C(O)CC(O)CO. The average molecular weight is 148 g/mol. The third-order valence-electron chi connectivity index (χ3n) is 1.49. The Morgan fingerprint density at radius 2 is 1.70 bits per heavy atom. The molecule has 0 aliphatic carbocycles. The Kier molecular flexibility index (Phi) is 4.60. The highest BCUT2D eigenvalue weighted by Crippen LogP contribution is 2.07. The van der Waals surface area contributed by atoms with Crippen LogP contribution in [0.25, 0.3) is 0 Å². The monoisotopic (exact) mass is 148 g/mol. The van der Waals surface area contributed by atoms with E-state index in [1.807, 2.05) is 13.8 Å². The van der Waals surface area contributed by atoms with Gasteiger partial charge in [0.05, 0.1) is 18.8 Å². The summed E-state index contributed by atoms with van der Waals surface area (Å²) in [5.41, 5.74) is 0. The van der Waals surface area contributed by atoms with Gasteiger partial charge in [0.15, 0.2) is 0 Å². The summed E-state index contributed by atoms with van der Waals surface area (Å²) in [7, 11) is 0. The molecule has 2 unspecified atom stereocenters. The summed E-state index contributed by atoms with van der Waals surface area (Å²) in [4.78, 5) is 0. The van der Waals surface area contributed by atoms with E-state index >= 15 is 0 Å². The molecule has 0 aromatic carbocycles. The van der Waals surface area contributed by atoms with Crippen LogP contribution >= 0.6 is 0 Å². The van der Waals surface area contributed by atoms with E-state index in [0.717, 1.165) is 0 Å². The van der Waals surface area contributed by atoms with Crippen molar-refractivity contribution in [3.63, 3.8) is 0 Å². The molecular formula is C7H16O3. The lowest BCUT2D eigenvalue weighted by Crippen LogP contribution is -2.24. The van der Waals surface area contributed by atoms with Gasteiger partial charge in [-0.25, -0.2) is 0 Å². The number of hydrogen-bond donors (Lipinski definition) is 3. The maximum Gasteiger partial charge on any atom is 0.0795 e. The van der Waals surface area contributed by atoms with Gasteiger partial charge in [-0.15, -0.1) is 0 Å². The van der Waals surface area contributed by atoms with Crippen molar-refractivity contribution < 1.29 is 15.3 Å². The molecule has 0 saturated heterocycles. The zero-order chi connectivity index (χ0) is 8.15. The molecule has 3 N–H and O–H groups in total. The van der Waals surface area contributed by atoms with Crippen molar-refractivity contribution in [1.29, 1.82) is 0 Å². The normalized spacial score (nSPS) is 17.4. The molecule has 10 heavy (non-hydrogen) atoms. The molecule has 0 aromatic heterocycles. The first-order valence-corrected chi connectivity index (χ1v) is 3.55. The smallest absolute Gasteiger partial charge is 0.0795 e. The van der Waals surface area contributed by atoms with E-state index in [4.69, 9.17) is 15.3 Å². The predicted octanol–water partition coefficient (Wildman–Crippen LogP) is -0.253. The van der Waals surface area contributed by atoms with Crippen LogP contribution in [0.5, 0.6) is 0 Å². The summed E-state index contributed by atoms with van der Waals surface area (Å²) in [5.74, 6) is 0.140. The van der Waals surface area contributed by atoms with Crippen molar-refractivity contribution in [1.82, 2.24) is 0 Å². The summed E-state index contributed by atoms with van der Waals surface area (Å²) in [6, 6.07) is 0. The van der Waals surface area contributed by atoms with Crippen LogP contribution in [0, 0.1) is 5.92 Å². The van der Waals surface area contributed by atoms with E-state index in [0.29, 0.717) is 0 Å². The first-order valence-electron chi connectivity index (χ1n) is 3.55. The lowest BCUT2D eigenvalue weighted by Gasteiger charge is -2.16. The zero-order valence-corrected chi connectivity index (χ0v) is 6.49. The molecule has 0 aromatic rings. The highest BCUT2D eigenvalue weighted by Gasteiger charge is 2.13. The molecule has 0 bridgehead atoms. The molecule has 2 atom stereocenters. The standard InChI is InChI=1S/C7H16O3/c1-5(2)7(10)3-6(9)4-8/h5-10H,3-4H2,1-2H3. The maximum atomic E-state index is 9.16. The van der Waals surface area contributed by atoms with E-state index in [-0.39, 0.29) is 18.9 Å². The minimum absolute atomic E-state index is 0.140. The summed E-state index contributed by atoms with van der Waals surface area (Å²) in [6.45, 7) is 3.47. The van der Waals surface area contributed by atoms with Crippen LogP contribution in [0.4, 0.5) is 0 Å². The van der Waals surface area contributed by atoms with Crippen LogP contribution in [-0.4, -0.2) is 34.1 Å². The quantitative estimate of drug-likeness (QED) is 0.515. The van der Waals surface area contributed by atoms with Crippen LogP contribution < -0.4 is 0 Å². The van der Waals surface area contributed by atoms with E-state index in [1.54, 1.807) is 0 Å². The Morgan fingerprint density at radius 1 is 1.20 bits per heavy atom. The van der Waals surface area contributed by atoms with Gasteiger partial charge in [-0.2, -0.15) is 0 Å². The van der Waals surface area contributed by atoms with Crippen molar-refractivity contribution in [3.05, 3.63) is 0 Å². The van der Waals surface area contributed by atoms with E-state index in [1.165, 1.54) is 0 Å². The molecule has 0 aliphatic rings. The van der Waals surface area contributed by atoms with Gasteiger partial charge in [0, 0.05) is 6.42 Å². The van der Waals surface area contributed by atoms with Crippen LogP contribution in [-0.2, 0) is 0 Å². The third kappa shape index (κ3) is 3.82. The van der Waals surface area contributed by atoms with E-state index in [2.05, 4.69) is 0 Å². The Hall–Kier alpha value is -0.120. The van der Waals surface area contributed by atoms with Gasteiger partial charge in [-0.1, -0.05) is 13.8 Å². The summed E-state index contributed by atoms with van der Waals surface area (Å²) in [6.07, 6.45) is -1.03. The van der Waals surface area contributed by atoms with Crippen molar-refractivity contribution in [2.45, 2.75) is 32.5 Å². The first-order chi connectivity index (χ1) is 4.57. The second-order valence-electron chi connectivity index (χ2n) is 2.88.